The summed E-state index contributed by atoms with van der Waals surface area (Å²) < 4.78 is 11.7. The number of benzene rings is 3. The predicted octanol–water partition coefficient (Wildman–Crippen LogP) is 6.76. The molecule has 5 rings (SSSR count). The highest BCUT2D eigenvalue weighted by Gasteiger charge is 2.26. The smallest absolute Gasteiger partial charge is 0.304 e. The van der Waals surface area contributed by atoms with E-state index in [1.807, 2.05) is 36.4 Å². The molecule has 1 unspecified atom stereocenters. The van der Waals surface area contributed by atoms with Gasteiger partial charge in [0.05, 0.1) is 18.7 Å². The molecule has 0 amide bonds. The van der Waals surface area contributed by atoms with Crippen molar-refractivity contribution in [3.63, 3.8) is 0 Å². The van der Waals surface area contributed by atoms with E-state index in [1.54, 1.807) is 11.3 Å². The number of fused-ring (bicyclic) bond motifs is 1. The molecule has 4 aromatic rings. The van der Waals surface area contributed by atoms with Crippen molar-refractivity contribution < 1.29 is 19.4 Å². The van der Waals surface area contributed by atoms with Crippen molar-refractivity contribution in [2.24, 2.45) is 0 Å². The van der Waals surface area contributed by atoms with E-state index in [-0.39, 0.29) is 12.3 Å². The number of hydrogen-bond donors (Lipinski definition) is 1. The summed E-state index contributed by atoms with van der Waals surface area (Å²) in [5, 5.41) is 12.2. The van der Waals surface area contributed by atoms with Gasteiger partial charge in [-0.05, 0) is 23.6 Å². The van der Waals surface area contributed by atoms with Crippen LogP contribution in [-0.4, -0.2) is 29.2 Å². The molecular formula is C30H30N2O4S. The first-order valence-electron chi connectivity index (χ1n) is 12.5. The maximum absolute atomic E-state index is 11.0. The lowest BCUT2D eigenvalue weighted by Crippen LogP contribution is -2.23. The van der Waals surface area contributed by atoms with Gasteiger partial charge in [0.25, 0.3) is 0 Å². The van der Waals surface area contributed by atoms with Crippen molar-refractivity contribution in [2.45, 2.75) is 38.8 Å². The van der Waals surface area contributed by atoms with Gasteiger partial charge in [0.15, 0.2) is 5.13 Å². The molecule has 0 saturated carbocycles. The average Bonchev–Trinajstić information content (AvgIpc) is 3.56. The molecule has 0 saturated heterocycles. The summed E-state index contributed by atoms with van der Waals surface area (Å²) >= 11 is 1.69. The van der Waals surface area contributed by atoms with E-state index in [9.17, 15) is 4.79 Å². The van der Waals surface area contributed by atoms with E-state index in [2.05, 4.69) is 53.6 Å². The molecule has 0 aliphatic carbocycles. The van der Waals surface area contributed by atoms with Gasteiger partial charge < -0.3 is 19.5 Å². The fraction of sp³-hybridized carbons (Fsp3) is 0.267. The summed E-state index contributed by atoms with van der Waals surface area (Å²) in [4.78, 5) is 18.3. The minimum atomic E-state index is -0.813. The predicted molar refractivity (Wildman–Crippen MR) is 147 cm³/mol. The van der Waals surface area contributed by atoms with Crippen molar-refractivity contribution in [3.8, 4) is 22.8 Å². The maximum atomic E-state index is 11.0. The lowest BCUT2D eigenvalue weighted by Gasteiger charge is -2.21. The van der Waals surface area contributed by atoms with Crippen LogP contribution in [-0.2, 0) is 17.9 Å². The molecule has 0 radical (unpaired) electrons. The fourth-order valence-electron chi connectivity index (χ4n) is 4.52. The van der Waals surface area contributed by atoms with E-state index in [0.29, 0.717) is 24.7 Å². The largest absolute Gasteiger partial charge is 0.492 e. The Hall–Kier alpha value is -3.84. The first-order chi connectivity index (χ1) is 18.1. The third kappa shape index (κ3) is 6.12. The Balaban J connectivity index is 1.19. The van der Waals surface area contributed by atoms with E-state index in [4.69, 9.17) is 19.6 Å². The van der Waals surface area contributed by atoms with Crippen LogP contribution in [0.2, 0.25) is 0 Å². The van der Waals surface area contributed by atoms with Crippen LogP contribution in [0, 0.1) is 0 Å². The summed E-state index contributed by atoms with van der Waals surface area (Å²) in [6.45, 7) is 4.78. The van der Waals surface area contributed by atoms with Gasteiger partial charge in [-0.1, -0.05) is 67.6 Å². The van der Waals surface area contributed by atoms with Gasteiger partial charge in [-0.25, -0.2) is 4.98 Å². The highest BCUT2D eigenvalue weighted by atomic mass is 32.1. The van der Waals surface area contributed by atoms with E-state index < -0.39 is 5.97 Å². The Labute approximate surface area is 221 Å². The molecular weight excluding hydrogens is 484 g/mol. The SMILES string of the molecule is CCCN(Cc1ccc(COc2ccc3c(c2)OCC3CC(=O)O)cc1)c1nc(-c2ccccc2)cs1. The van der Waals surface area contributed by atoms with Crippen LogP contribution >= 0.6 is 11.3 Å². The first kappa shape index (κ1) is 24.8. The second kappa shape index (κ2) is 11.5. The Morgan fingerprint density at radius 1 is 1.11 bits per heavy atom. The van der Waals surface area contributed by atoms with Crippen molar-refractivity contribution in [2.75, 3.05) is 18.1 Å². The van der Waals surface area contributed by atoms with Gasteiger partial charge in [-0.15, -0.1) is 11.3 Å². The number of rotatable bonds is 11. The van der Waals surface area contributed by atoms with Crippen molar-refractivity contribution >= 4 is 22.4 Å². The van der Waals surface area contributed by atoms with Gasteiger partial charge in [-0.2, -0.15) is 0 Å². The number of carboxylic acids is 1. The number of hydrogen-bond acceptors (Lipinski definition) is 6. The molecule has 3 aromatic carbocycles. The number of carboxylic acid groups (broad SMARTS) is 1. The van der Waals surface area contributed by atoms with Crippen LogP contribution < -0.4 is 14.4 Å². The van der Waals surface area contributed by atoms with Gasteiger partial charge in [-0.3, -0.25) is 4.79 Å². The summed E-state index contributed by atoms with van der Waals surface area (Å²) in [5.74, 6) is 0.515. The second-order valence-electron chi connectivity index (χ2n) is 9.21. The van der Waals surface area contributed by atoms with Gasteiger partial charge in [0.2, 0.25) is 0 Å². The number of ether oxygens (including phenoxy) is 2. The van der Waals surface area contributed by atoms with Crippen LogP contribution in [0.15, 0.2) is 78.2 Å². The zero-order valence-electron chi connectivity index (χ0n) is 20.8. The Morgan fingerprint density at radius 3 is 2.65 bits per heavy atom. The summed E-state index contributed by atoms with van der Waals surface area (Å²) in [5.41, 5.74) is 5.40. The van der Waals surface area contributed by atoms with Crippen LogP contribution in [0.3, 0.4) is 0 Å². The van der Waals surface area contributed by atoms with E-state index >= 15 is 0 Å². The lowest BCUT2D eigenvalue weighted by molar-refractivity contribution is -0.137. The minimum absolute atomic E-state index is 0.0754. The van der Waals surface area contributed by atoms with Crippen molar-refractivity contribution in [1.82, 2.24) is 4.98 Å². The number of nitrogens with zero attached hydrogens (tertiary/aromatic N) is 2. The quantitative estimate of drug-likeness (QED) is 0.239. The molecule has 37 heavy (non-hydrogen) atoms. The number of aromatic nitrogens is 1. The summed E-state index contributed by atoms with van der Waals surface area (Å²) in [7, 11) is 0. The standard InChI is InChI=1S/C30H30N2O4S/c1-2-14-32(30-31-27(20-37-30)23-6-4-3-5-7-23)17-21-8-10-22(11-9-21)18-35-25-12-13-26-24(15-29(33)34)19-36-28(26)16-25/h3-13,16,20,24H,2,14-15,17-19H2,1H3,(H,33,34). The number of aliphatic carboxylic acids is 1. The molecule has 2 heterocycles. The molecule has 1 atom stereocenters. The number of anilines is 1. The monoisotopic (exact) mass is 514 g/mol. The molecule has 0 bridgehead atoms. The Morgan fingerprint density at radius 2 is 1.89 bits per heavy atom. The first-order valence-corrected chi connectivity index (χ1v) is 13.4. The number of thiazole rings is 1. The molecule has 190 valence electrons. The summed E-state index contributed by atoms with van der Waals surface area (Å²) in [6, 6.07) is 24.4. The van der Waals surface area contributed by atoms with Crippen LogP contribution in [0.1, 0.15) is 42.4 Å². The topological polar surface area (TPSA) is 71.9 Å². The molecule has 6 nitrogen and oxygen atoms in total. The van der Waals surface area contributed by atoms with Crippen LogP contribution in [0.25, 0.3) is 11.3 Å². The van der Waals surface area contributed by atoms with Gasteiger partial charge in [0.1, 0.15) is 18.1 Å². The Bertz CT molecular complexity index is 1340. The zero-order valence-corrected chi connectivity index (χ0v) is 21.6. The average molecular weight is 515 g/mol. The third-order valence-corrected chi connectivity index (χ3v) is 7.31. The molecule has 7 heteroatoms. The normalized spacial score (nSPS) is 14.1. The highest BCUT2D eigenvalue weighted by Crippen LogP contribution is 2.38. The van der Waals surface area contributed by atoms with Gasteiger partial charge in [0, 0.05) is 41.6 Å². The minimum Gasteiger partial charge on any atom is -0.492 e. The molecule has 1 aliphatic heterocycles. The second-order valence-corrected chi connectivity index (χ2v) is 10.1. The van der Waals surface area contributed by atoms with Crippen LogP contribution in [0.5, 0.6) is 11.5 Å². The lowest BCUT2D eigenvalue weighted by atomic mass is 9.98. The molecule has 1 aromatic heterocycles. The maximum Gasteiger partial charge on any atom is 0.304 e. The highest BCUT2D eigenvalue weighted by molar-refractivity contribution is 7.14. The van der Waals surface area contributed by atoms with Crippen LogP contribution in [0.4, 0.5) is 5.13 Å². The Kier molecular flexibility index (Phi) is 7.70. The molecule has 0 spiro atoms. The fourth-order valence-corrected chi connectivity index (χ4v) is 5.38. The number of carbonyl (C=O) groups is 1. The van der Waals surface area contributed by atoms with E-state index in [0.717, 1.165) is 47.0 Å². The van der Waals surface area contributed by atoms with Gasteiger partial charge >= 0.3 is 5.97 Å². The van der Waals surface area contributed by atoms with E-state index in [1.165, 1.54) is 5.56 Å². The van der Waals surface area contributed by atoms with Crippen molar-refractivity contribution in [3.05, 3.63) is 94.9 Å². The zero-order chi connectivity index (χ0) is 25.6. The molecule has 1 N–H and O–H groups in total. The third-order valence-electron chi connectivity index (χ3n) is 6.41. The molecule has 1 aliphatic rings. The molecule has 0 fully saturated rings. The van der Waals surface area contributed by atoms with Crippen molar-refractivity contribution in [1.29, 1.82) is 0 Å². The summed E-state index contributed by atoms with van der Waals surface area (Å²) in [6.07, 6.45) is 1.12.